The van der Waals surface area contributed by atoms with Gasteiger partial charge < -0.3 is 33.9 Å². The lowest BCUT2D eigenvalue weighted by Gasteiger charge is -2.28. The van der Waals surface area contributed by atoms with Crippen molar-refractivity contribution < 1.29 is 33.9 Å². The van der Waals surface area contributed by atoms with E-state index in [4.69, 9.17) is 23.7 Å². The predicted molar refractivity (Wildman–Crippen MR) is 92.6 cm³/mol. The first-order chi connectivity index (χ1) is 12.3. The molecule has 3 rings (SSSR count). The van der Waals surface area contributed by atoms with Crippen molar-refractivity contribution in [3.05, 3.63) is 29.8 Å². The van der Waals surface area contributed by atoms with Crippen molar-refractivity contribution in [3.63, 3.8) is 0 Å². The van der Waals surface area contributed by atoms with Gasteiger partial charge in [0.15, 0.2) is 12.1 Å². The van der Waals surface area contributed by atoms with Crippen LogP contribution in [0, 0.1) is 0 Å². The molecule has 0 radical (unpaired) electrons. The summed E-state index contributed by atoms with van der Waals surface area (Å²) < 4.78 is 29.0. The third-order valence-electron chi connectivity index (χ3n) is 4.33. The van der Waals surface area contributed by atoms with Crippen molar-refractivity contribution in [2.45, 2.75) is 76.9 Å². The maximum atomic E-state index is 10.0. The lowest BCUT2D eigenvalue weighted by Crippen LogP contribution is -2.44. The van der Waals surface area contributed by atoms with E-state index in [-0.39, 0.29) is 6.10 Å². The zero-order valence-electron chi connectivity index (χ0n) is 15.6. The number of ether oxygens (including phenoxy) is 5. The molecule has 26 heavy (non-hydrogen) atoms. The van der Waals surface area contributed by atoms with Gasteiger partial charge in [0.05, 0.1) is 19.3 Å². The van der Waals surface area contributed by atoms with Gasteiger partial charge in [-0.05, 0) is 45.4 Å². The maximum absolute atomic E-state index is 10.0. The Hall–Kier alpha value is -1.22. The molecule has 2 saturated heterocycles. The molecule has 2 fully saturated rings. The highest BCUT2D eigenvalue weighted by Gasteiger charge is 2.56. The second kappa shape index (κ2) is 7.80. The Labute approximate surface area is 153 Å². The highest BCUT2D eigenvalue weighted by Crippen LogP contribution is 2.39. The van der Waals surface area contributed by atoms with E-state index in [1.54, 1.807) is 13.8 Å². The Morgan fingerprint density at radius 1 is 1.15 bits per heavy atom. The zero-order valence-corrected chi connectivity index (χ0v) is 15.6. The smallest absolute Gasteiger partial charge is 0.190 e. The van der Waals surface area contributed by atoms with Crippen molar-refractivity contribution in [2.24, 2.45) is 0 Å². The number of rotatable bonds is 7. The van der Waals surface area contributed by atoms with Gasteiger partial charge in [-0.3, -0.25) is 0 Å². The number of fused-ring (bicyclic) bond motifs is 1. The minimum atomic E-state index is -1.07. The van der Waals surface area contributed by atoms with Gasteiger partial charge in [0.1, 0.15) is 30.2 Å². The first-order valence-corrected chi connectivity index (χ1v) is 8.96. The van der Waals surface area contributed by atoms with Crippen LogP contribution in [0.25, 0.3) is 0 Å². The summed E-state index contributed by atoms with van der Waals surface area (Å²) in [4.78, 5) is 0. The topological polar surface area (TPSA) is 86.6 Å². The summed E-state index contributed by atoms with van der Waals surface area (Å²) >= 11 is 0. The van der Waals surface area contributed by atoms with Crippen LogP contribution in [-0.2, 0) is 25.6 Å². The molecule has 0 bridgehead atoms. The Balaban J connectivity index is 1.65. The Morgan fingerprint density at radius 2 is 1.85 bits per heavy atom. The fourth-order valence-electron chi connectivity index (χ4n) is 3.24. The highest BCUT2D eigenvalue weighted by molar-refractivity contribution is 5.27. The summed E-state index contributed by atoms with van der Waals surface area (Å²) in [7, 11) is 0. The molecule has 0 unspecified atom stereocenters. The monoisotopic (exact) mass is 368 g/mol. The molecule has 2 N–H and O–H groups in total. The van der Waals surface area contributed by atoms with Crippen LogP contribution in [0.1, 0.15) is 33.3 Å². The van der Waals surface area contributed by atoms with Gasteiger partial charge in [-0.25, -0.2) is 0 Å². The maximum Gasteiger partial charge on any atom is 0.190 e. The van der Waals surface area contributed by atoms with E-state index in [1.165, 1.54) is 0 Å². The Bertz CT molecular complexity index is 586. The number of hydrogen-bond acceptors (Lipinski definition) is 7. The average Bonchev–Trinajstić information content (AvgIpc) is 3.05. The van der Waals surface area contributed by atoms with Crippen LogP contribution in [0.3, 0.4) is 0 Å². The zero-order chi connectivity index (χ0) is 18.9. The van der Waals surface area contributed by atoms with Gasteiger partial charge >= 0.3 is 0 Å². The molecule has 7 heteroatoms. The molecule has 146 valence electrons. The van der Waals surface area contributed by atoms with E-state index in [9.17, 15) is 10.2 Å². The molecule has 1 aromatic rings. The molecular weight excluding hydrogens is 340 g/mol. The summed E-state index contributed by atoms with van der Waals surface area (Å²) in [5, 5.41) is 19.3. The largest absolute Gasteiger partial charge is 0.491 e. The standard InChI is InChI=1S/C19H28O7/c1-11(2)23-13-7-5-12(6-8-13)10-22-16-15(14(21)9-20)24-18-17(16)25-19(3,4)26-18/h5-8,11,14-18,20-21H,9-10H2,1-4H3/t14-,15+,16-,17-,18+/m1/s1. The third-order valence-corrected chi connectivity index (χ3v) is 4.33. The van der Waals surface area contributed by atoms with Crippen molar-refractivity contribution in [2.75, 3.05) is 6.61 Å². The minimum absolute atomic E-state index is 0.119. The number of benzene rings is 1. The Morgan fingerprint density at radius 3 is 2.46 bits per heavy atom. The van der Waals surface area contributed by atoms with E-state index < -0.39 is 43.1 Å². The fraction of sp³-hybridized carbons (Fsp3) is 0.684. The summed E-state index contributed by atoms with van der Waals surface area (Å²) in [6, 6.07) is 7.65. The van der Waals surface area contributed by atoms with Gasteiger partial charge in [-0.15, -0.1) is 0 Å². The molecule has 0 aromatic heterocycles. The van der Waals surface area contributed by atoms with Crippen molar-refractivity contribution in [3.8, 4) is 5.75 Å². The van der Waals surface area contributed by atoms with Crippen LogP contribution in [0.5, 0.6) is 5.75 Å². The fourth-order valence-corrected chi connectivity index (χ4v) is 3.24. The molecule has 0 aliphatic carbocycles. The highest BCUT2D eigenvalue weighted by atomic mass is 16.8. The molecule has 2 heterocycles. The van der Waals surface area contributed by atoms with Gasteiger partial charge in [0.2, 0.25) is 0 Å². The van der Waals surface area contributed by atoms with E-state index >= 15 is 0 Å². The normalized spacial score (nSPS) is 31.2. The van der Waals surface area contributed by atoms with Crippen LogP contribution in [0.4, 0.5) is 0 Å². The molecule has 5 atom stereocenters. The molecule has 0 saturated carbocycles. The van der Waals surface area contributed by atoms with E-state index in [1.807, 2.05) is 38.1 Å². The summed E-state index contributed by atoms with van der Waals surface area (Å²) in [6.45, 7) is 7.45. The lowest BCUT2D eigenvalue weighted by atomic mass is 10.1. The Kier molecular flexibility index (Phi) is 5.86. The minimum Gasteiger partial charge on any atom is -0.491 e. The van der Waals surface area contributed by atoms with Gasteiger partial charge in [-0.1, -0.05) is 12.1 Å². The molecule has 2 aliphatic rings. The summed E-state index contributed by atoms with van der Waals surface area (Å²) in [6.07, 6.45) is -3.29. The molecule has 7 nitrogen and oxygen atoms in total. The van der Waals surface area contributed by atoms with Crippen molar-refractivity contribution in [1.82, 2.24) is 0 Å². The lowest BCUT2D eigenvalue weighted by molar-refractivity contribution is -0.232. The molecular formula is C19H28O7. The second-order valence-corrected chi connectivity index (χ2v) is 7.41. The molecule has 1 aromatic carbocycles. The van der Waals surface area contributed by atoms with Crippen LogP contribution in [-0.4, -0.2) is 59.4 Å². The van der Waals surface area contributed by atoms with Crippen molar-refractivity contribution in [1.29, 1.82) is 0 Å². The van der Waals surface area contributed by atoms with Crippen LogP contribution in [0.15, 0.2) is 24.3 Å². The quantitative estimate of drug-likeness (QED) is 0.756. The van der Waals surface area contributed by atoms with Crippen LogP contribution in [0.2, 0.25) is 0 Å². The first-order valence-electron chi connectivity index (χ1n) is 8.96. The molecule has 2 aliphatic heterocycles. The van der Waals surface area contributed by atoms with Crippen LogP contribution >= 0.6 is 0 Å². The van der Waals surface area contributed by atoms with Gasteiger partial charge in [-0.2, -0.15) is 0 Å². The summed E-state index contributed by atoms with van der Waals surface area (Å²) in [5.41, 5.74) is 0.958. The molecule has 0 amide bonds. The molecule has 0 spiro atoms. The van der Waals surface area contributed by atoms with Crippen LogP contribution < -0.4 is 4.74 Å². The number of aliphatic hydroxyl groups is 2. The first kappa shape index (κ1) is 19.5. The van der Waals surface area contributed by atoms with E-state index in [0.717, 1.165) is 11.3 Å². The number of hydrogen-bond donors (Lipinski definition) is 2. The van der Waals surface area contributed by atoms with E-state index in [2.05, 4.69) is 0 Å². The van der Waals surface area contributed by atoms with Crippen molar-refractivity contribution >= 4 is 0 Å². The number of aliphatic hydroxyl groups excluding tert-OH is 2. The van der Waals surface area contributed by atoms with E-state index in [0.29, 0.717) is 6.61 Å². The second-order valence-electron chi connectivity index (χ2n) is 7.41. The van der Waals surface area contributed by atoms with Gasteiger partial charge in [0.25, 0.3) is 0 Å². The summed E-state index contributed by atoms with van der Waals surface area (Å²) in [5.74, 6) is 0.0259. The average molecular weight is 368 g/mol. The van der Waals surface area contributed by atoms with Gasteiger partial charge in [0, 0.05) is 0 Å². The predicted octanol–water partition coefficient (Wildman–Crippen LogP) is 1.59. The SMILES string of the molecule is CC(C)Oc1ccc(CO[C@@H]2[C@H]([C@H](O)CO)O[C@H]3OC(C)(C)O[C@@H]32)cc1. The third kappa shape index (κ3) is 4.36.